The highest BCUT2D eigenvalue weighted by Crippen LogP contribution is 2.16. The monoisotopic (exact) mass is 659 g/mol. The van der Waals surface area contributed by atoms with Crippen LogP contribution in [-0.2, 0) is 0 Å². The Morgan fingerprint density at radius 2 is 0.935 bits per heavy atom. The maximum absolute atomic E-state index is 11.4. The lowest BCUT2D eigenvalue weighted by Gasteiger charge is -2.04. The summed E-state index contributed by atoms with van der Waals surface area (Å²) in [6.45, 7) is 2.68. The average molecular weight is 659 g/mol. The number of nitrogens with one attached hydrogen (secondary N) is 2. The number of benzene rings is 1. The van der Waals surface area contributed by atoms with E-state index in [-0.39, 0.29) is 6.03 Å². The van der Waals surface area contributed by atoms with E-state index in [1.165, 1.54) is 180 Å². The van der Waals surface area contributed by atoms with E-state index >= 15 is 0 Å². The SMILES string of the molecule is CCCCCCCCCCCCCCCCCCCCCCCCCCCCCCO.O=C(Nc1ccccc1)Nc1cnns1. The molecule has 0 radical (unpaired) electrons. The molecule has 0 bridgehead atoms. The number of hydrogen-bond acceptors (Lipinski definition) is 5. The Hall–Kier alpha value is -1.99. The number of unbranched alkanes of at least 4 members (excludes halogenated alkanes) is 27. The van der Waals surface area contributed by atoms with Gasteiger partial charge in [-0.25, -0.2) is 4.79 Å². The molecule has 0 saturated heterocycles. The number of aliphatic hydroxyl groups is 1. The number of amides is 2. The zero-order chi connectivity index (χ0) is 33.0. The molecule has 2 rings (SSSR count). The van der Waals surface area contributed by atoms with Gasteiger partial charge in [0, 0.05) is 23.8 Å². The second kappa shape index (κ2) is 34.3. The predicted molar refractivity (Wildman–Crippen MR) is 201 cm³/mol. The van der Waals surface area contributed by atoms with Gasteiger partial charge in [-0.15, -0.1) is 5.10 Å². The summed E-state index contributed by atoms with van der Waals surface area (Å²) in [7, 11) is 0. The molecule has 46 heavy (non-hydrogen) atoms. The predicted octanol–water partition coefficient (Wildman–Crippen LogP) is 13.1. The van der Waals surface area contributed by atoms with Crippen molar-refractivity contribution in [3.63, 3.8) is 0 Å². The first-order valence-electron chi connectivity index (χ1n) is 19.3. The molecule has 0 atom stereocenters. The summed E-state index contributed by atoms with van der Waals surface area (Å²) in [6, 6.07) is 8.91. The van der Waals surface area contributed by atoms with Gasteiger partial charge < -0.3 is 10.4 Å². The highest BCUT2D eigenvalue weighted by Gasteiger charge is 2.03. The highest BCUT2D eigenvalue weighted by molar-refractivity contribution is 7.10. The third-order valence-corrected chi connectivity index (χ3v) is 9.22. The molecule has 0 saturated carbocycles. The molecule has 1 heterocycles. The first kappa shape index (κ1) is 42.0. The molecule has 0 unspecified atom stereocenters. The van der Waals surface area contributed by atoms with Crippen LogP contribution in [0.2, 0.25) is 0 Å². The summed E-state index contributed by atoms with van der Waals surface area (Å²) in [5.74, 6) is 0. The van der Waals surface area contributed by atoms with E-state index in [9.17, 15) is 4.79 Å². The fourth-order valence-electron chi connectivity index (χ4n) is 5.80. The fraction of sp³-hybridized carbons (Fsp3) is 0.769. The maximum atomic E-state index is 11.4. The van der Waals surface area contributed by atoms with Crippen molar-refractivity contribution in [1.82, 2.24) is 9.59 Å². The number of urea groups is 1. The minimum Gasteiger partial charge on any atom is -0.396 e. The number of para-hydroxylation sites is 1. The van der Waals surface area contributed by atoms with E-state index in [0.717, 1.165) is 23.6 Å². The normalized spacial score (nSPS) is 10.8. The van der Waals surface area contributed by atoms with Gasteiger partial charge in [0.15, 0.2) is 0 Å². The van der Waals surface area contributed by atoms with Crippen LogP contribution in [0.1, 0.15) is 187 Å². The Bertz CT molecular complexity index is 838. The van der Waals surface area contributed by atoms with Crippen molar-refractivity contribution in [1.29, 1.82) is 0 Å². The Morgan fingerprint density at radius 3 is 1.26 bits per heavy atom. The van der Waals surface area contributed by atoms with Crippen molar-refractivity contribution >= 4 is 28.3 Å². The zero-order valence-electron chi connectivity index (χ0n) is 29.6. The molecule has 7 heteroatoms. The van der Waals surface area contributed by atoms with Crippen LogP contribution in [0.4, 0.5) is 15.5 Å². The quantitative estimate of drug-likeness (QED) is 0.0729. The Morgan fingerprint density at radius 1 is 0.565 bits per heavy atom. The van der Waals surface area contributed by atoms with Crippen molar-refractivity contribution in [3.8, 4) is 0 Å². The largest absolute Gasteiger partial charge is 0.396 e. The van der Waals surface area contributed by atoms with Crippen LogP contribution >= 0.6 is 11.5 Å². The van der Waals surface area contributed by atoms with Crippen molar-refractivity contribution < 1.29 is 9.90 Å². The molecule has 0 aliphatic heterocycles. The fourth-order valence-corrected chi connectivity index (χ4v) is 6.21. The zero-order valence-corrected chi connectivity index (χ0v) is 30.4. The standard InChI is InChI=1S/C30H62O.C9H8N4OS/c1-2-3-4-5-6-7-8-9-10-11-12-13-14-15-16-17-18-19-20-21-22-23-24-25-26-27-28-29-30-31;14-9(12-8-6-10-13-15-8)11-7-4-2-1-3-5-7/h31H,2-30H2,1H3;1-6H,(H2,11,12,14). The summed E-state index contributed by atoms with van der Waals surface area (Å²) >= 11 is 1.13. The molecule has 1 aromatic carbocycles. The topological polar surface area (TPSA) is 87.1 Å². The van der Waals surface area contributed by atoms with Crippen LogP contribution in [0.5, 0.6) is 0 Å². The number of carbonyl (C=O) groups is 1. The molecule has 2 amide bonds. The number of nitrogens with zero attached hydrogens (tertiary/aromatic N) is 2. The van der Waals surface area contributed by atoms with Gasteiger partial charge in [-0.3, -0.25) is 5.32 Å². The molecule has 3 N–H and O–H groups in total. The lowest BCUT2D eigenvalue weighted by molar-refractivity contribution is 0.262. The number of aromatic nitrogens is 2. The van der Waals surface area contributed by atoms with Crippen LogP contribution in [-0.4, -0.2) is 27.3 Å². The number of carbonyl (C=O) groups excluding carboxylic acids is 1. The van der Waals surface area contributed by atoms with Gasteiger partial charge in [-0.2, -0.15) is 0 Å². The molecule has 0 fully saturated rings. The lowest BCUT2D eigenvalue weighted by Crippen LogP contribution is -2.18. The van der Waals surface area contributed by atoms with E-state index < -0.39 is 0 Å². The van der Waals surface area contributed by atoms with E-state index in [0.29, 0.717) is 11.6 Å². The van der Waals surface area contributed by atoms with Crippen LogP contribution in [0.15, 0.2) is 36.5 Å². The number of hydrogen-bond donors (Lipinski definition) is 3. The summed E-state index contributed by atoms with van der Waals surface area (Å²) < 4.78 is 3.63. The minimum absolute atomic E-state index is 0.299. The van der Waals surface area contributed by atoms with Gasteiger partial charge in [0.2, 0.25) is 0 Å². The van der Waals surface area contributed by atoms with Gasteiger partial charge in [0.25, 0.3) is 0 Å². The Labute approximate surface area is 287 Å². The van der Waals surface area contributed by atoms with Crippen LogP contribution in [0.3, 0.4) is 0 Å². The van der Waals surface area contributed by atoms with Crippen molar-refractivity contribution in [2.24, 2.45) is 0 Å². The number of aliphatic hydroxyl groups excluding tert-OH is 1. The molecule has 2 aromatic rings. The molecule has 0 aliphatic rings. The maximum Gasteiger partial charge on any atom is 0.324 e. The van der Waals surface area contributed by atoms with E-state index in [1.807, 2.05) is 30.3 Å². The van der Waals surface area contributed by atoms with Gasteiger partial charge in [-0.05, 0) is 18.6 Å². The third-order valence-electron chi connectivity index (χ3n) is 8.64. The molecular weight excluding hydrogens is 589 g/mol. The molecule has 264 valence electrons. The van der Waals surface area contributed by atoms with Crippen molar-refractivity contribution in [3.05, 3.63) is 36.5 Å². The summed E-state index contributed by atoms with van der Waals surface area (Å²) in [5.41, 5.74) is 0.743. The Kier molecular flexibility index (Phi) is 31.4. The molecule has 0 aliphatic carbocycles. The second-order valence-corrected chi connectivity index (χ2v) is 13.8. The summed E-state index contributed by atoms with van der Waals surface area (Å²) in [5, 5.41) is 18.3. The molecule has 1 aromatic heterocycles. The van der Waals surface area contributed by atoms with Crippen LogP contribution in [0.25, 0.3) is 0 Å². The summed E-state index contributed by atoms with van der Waals surface area (Å²) in [6.07, 6.45) is 41.6. The molecule has 6 nitrogen and oxygen atoms in total. The van der Waals surface area contributed by atoms with E-state index in [2.05, 4.69) is 27.1 Å². The van der Waals surface area contributed by atoms with Gasteiger partial charge >= 0.3 is 6.03 Å². The first-order chi connectivity index (χ1) is 22.8. The van der Waals surface area contributed by atoms with Crippen molar-refractivity contribution in [2.75, 3.05) is 17.2 Å². The second-order valence-electron chi connectivity index (χ2n) is 13.0. The lowest BCUT2D eigenvalue weighted by atomic mass is 10.0. The van der Waals surface area contributed by atoms with Gasteiger partial charge in [0.05, 0.1) is 6.20 Å². The van der Waals surface area contributed by atoms with Gasteiger partial charge in [0.1, 0.15) is 5.00 Å². The third kappa shape index (κ3) is 29.4. The molecule has 0 spiro atoms. The smallest absolute Gasteiger partial charge is 0.324 e. The number of rotatable bonds is 30. The average Bonchev–Trinajstić information content (AvgIpc) is 3.58. The van der Waals surface area contributed by atoms with Crippen LogP contribution in [0, 0.1) is 0 Å². The minimum atomic E-state index is -0.299. The highest BCUT2D eigenvalue weighted by atomic mass is 32.1. The Balaban J connectivity index is 0.000000579. The van der Waals surface area contributed by atoms with Crippen LogP contribution < -0.4 is 10.6 Å². The van der Waals surface area contributed by atoms with Gasteiger partial charge in [-0.1, -0.05) is 203 Å². The van der Waals surface area contributed by atoms with E-state index in [1.54, 1.807) is 0 Å². The summed E-state index contributed by atoms with van der Waals surface area (Å²) in [4.78, 5) is 11.4. The van der Waals surface area contributed by atoms with E-state index in [4.69, 9.17) is 5.11 Å². The first-order valence-corrected chi connectivity index (χ1v) is 20.0. The number of anilines is 2. The van der Waals surface area contributed by atoms with Crippen molar-refractivity contribution in [2.45, 2.75) is 187 Å². The molecular formula is C39H70N4O2S.